The second-order valence-electron chi connectivity index (χ2n) is 4.39. The quantitative estimate of drug-likeness (QED) is 0.749. The number of anilines is 1. The summed E-state index contributed by atoms with van der Waals surface area (Å²) in [5, 5.41) is 2.73. The molecule has 1 aliphatic rings. The minimum atomic E-state index is -0.185. The Morgan fingerprint density at radius 1 is 1.47 bits per heavy atom. The van der Waals surface area contributed by atoms with Gasteiger partial charge in [-0.15, -0.1) is 0 Å². The number of nitrogens with two attached hydrogens (primary N) is 1. The molecule has 1 saturated heterocycles. The molecule has 6 heteroatoms. The van der Waals surface area contributed by atoms with Crippen LogP contribution in [0.3, 0.4) is 0 Å². The molecule has 0 saturated carbocycles. The molecule has 0 aromatic heterocycles. The molecular weight excluding hydrogens is 246 g/mol. The van der Waals surface area contributed by atoms with Crippen molar-refractivity contribution in [2.75, 3.05) is 32.5 Å². The van der Waals surface area contributed by atoms with Gasteiger partial charge in [-0.25, -0.2) is 0 Å². The van der Waals surface area contributed by atoms with Gasteiger partial charge in [-0.1, -0.05) is 0 Å². The van der Waals surface area contributed by atoms with Crippen LogP contribution in [0.25, 0.3) is 0 Å². The third-order valence-corrected chi connectivity index (χ3v) is 3.03. The van der Waals surface area contributed by atoms with Crippen LogP contribution in [-0.4, -0.2) is 43.5 Å². The number of benzene rings is 1. The minimum absolute atomic E-state index is 0.0888. The maximum absolute atomic E-state index is 12.3. The molecule has 3 N–H and O–H groups in total. The molecule has 102 valence electrons. The van der Waals surface area contributed by atoms with Crippen molar-refractivity contribution in [3.05, 3.63) is 23.8 Å². The fourth-order valence-electron chi connectivity index (χ4n) is 2.01. The zero-order valence-corrected chi connectivity index (χ0v) is 10.8. The van der Waals surface area contributed by atoms with Gasteiger partial charge in [-0.3, -0.25) is 9.59 Å². The second-order valence-corrected chi connectivity index (χ2v) is 4.39. The molecule has 0 atom stereocenters. The number of methoxy groups -OCH3 is 1. The van der Waals surface area contributed by atoms with E-state index in [1.807, 2.05) is 0 Å². The monoisotopic (exact) mass is 263 g/mol. The summed E-state index contributed by atoms with van der Waals surface area (Å²) in [6, 6.07) is 4.87. The first kappa shape index (κ1) is 13.2. The summed E-state index contributed by atoms with van der Waals surface area (Å²) in [5.74, 6) is 0.147. The van der Waals surface area contributed by atoms with Crippen LogP contribution in [0.2, 0.25) is 0 Å². The van der Waals surface area contributed by atoms with Crippen molar-refractivity contribution in [2.45, 2.75) is 6.42 Å². The molecule has 1 aliphatic heterocycles. The van der Waals surface area contributed by atoms with Gasteiger partial charge in [0, 0.05) is 18.7 Å². The van der Waals surface area contributed by atoms with Gasteiger partial charge >= 0.3 is 0 Å². The van der Waals surface area contributed by atoms with E-state index in [0.29, 0.717) is 30.1 Å². The Morgan fingerprint density at radius 3 is 3.00 bits per heavy atom. The second kappa shape index (κ2) is 5.60. The SMILES string of the molecule is COc1cc(C(=O)N2CCCNC(=O)C2)ccc1N. The van der Waals surface area contributed by atoms with E-state index in [1.165, 1.54) is 12.0 Å². The summed E-state index contributed by atoms with van der Waals surface area (Å²) in [5.41, 5.74) is 6.66. The van der Waals surface area contributed by atoms with Crippen LogP contribution in [0.15, 0.2) is 18.2 Å². The van der Waals surface area contributed by atoms with Gasteiger partial charge in [0.25, 0.3) is 5.91 Å². The molecule has 6 nitrogen and oxygen atoms in total. The third-order valence-electron chi connectivity index (χ3n) is 3.03. The molecule has 0 unspecified atom stereocenters. The van der Waals surface area contributed by atoms with Crippen LogP contribution in [0, 0.1) is 0 Å². The lowest BCUT2D eigenvalue weighted by Crippen LogP contribution is -2.37. The van der Waals surface area contributed by atoms with Gasteiger partial charge in [0.2, 0.25) is 5.91 Å². The lowest BCUT2D eigenvalue weighted by Gasteiger charge is -2.19. The van der Waals surface area contributed by atoms with Crippen LogP contribution in [0.1, 0.15) is 16.8 Å². The standard InChI is InChI=1S/C13H17N3O3/c1-19-11-7-9(3-4-10(11)14)13(18)16-6-2-5-15-12(17)8-16/h3-4,7H,2,5-6,8,14H2,1H3,(H,15,17). The largest absolute Gasteiger partial charge is 0.495 e. The van der Waals surface area contributed by atoms with Gasteiger partial charge < -0.3 is 20.7 Å². The lowest BCUT2D eigenvalue weighted by atomic mass is 10.1. The average Bonchev–Trinajstić information content (AvgIpc) is 2.63. The van der Waals surface area contributed by atoms with Crippen LogP contribution in [0.4, 0.5) is 5.69 Å². The number of ether oxygens (including phenoxy) is 1. The van der Waals surface area contributed by atoms with Crippen LogP contribution in [-0.2, 0) is 4.79 Å². The molecule has 1 fully saturated rings. The number of hydrogen-bond donors (Lipinski definition) is 2. The Labute approximate surface area is 111 Å². The van der Waals surface area contributed by atoms with Crippen molar-refractivity contribution in [1.82, 2.24) is 10.2 Å². The summed E-state index contributed by atoms with van der Waals surface area (Å²) in [6.45, 7) is 1.25. The summed E-state index contributed by atoms with van der Waals surface area (Å²) in [6.07, 6.45) is 0.754. The third kappa shape index (κ3) is 2.96. The molecule has 1 aromatic rings. The first-order valence-corrected chi connectivity index (χ1v) is 6.11. The van der Waals surface area contributed by atoms with Crippen molar-refractivity contribution >= 4 is 17.5 Å². The Bertz CT molecular complexity index is 502. The maximum Gasteiger partial charge on any atom is 0.254 e. The predicted molar refractivity (Wildman–Crippen MR) is 70.9 cm³/mol. The zero-order valence-electron chi connectivity index (χ0n) is 10.8. The van der Waals surface area contributed by atoms with Crippen LogP contribution < -0.4 is 15.8 Å². The van der Waals surface area contributed by atoms with E-state index < -0.39 is 0 Å². The average molecular weight is 263 g/mol. The normalized spacial score (nSPS) is 15.6. The van der Waals surface area contributed by atoms with Gasteiger partial charge in [-0.05, 0) is 24.6 Å². The number of carbonyl (C=O) groups excluding carboxylic acids is 2. The minimum Gasteiger partial charge on any atom is -0.495 e. The van der Waals surface area contributed by atoms with E-state index in [9.17, 15) is 9.59 Å². The molecule has 0 radical (unpaired) electrons. The van der Waals surface area contributed by atoms with Gasteiger partial charge in [0.1, 0.15) is 5.75 Å². The highest BCUT2D eigenvalue weighted by molar-refractivity contribution is 5.97. The Morgan fingerprint density at radius 2 is 2.26 bits per heavy atom. The van der Waals surface area contributed by atoms with E-state index in [2.05, 4.69) is 5.32 Å². The molecule has 0 bridgehead atoms. The van der Waals surface area contributed by atoms with Crippen molar-refractivity contribution in [2.24, 2.45) is 0 Å². The highest BCUT2D eigenvalue weighted by atomic mass is 16.5. The first-order valence-electron chi connectivity index (χ1n) is 6.11. The van der Waals surface area contributed by atoms with E-state index in [1.54, 1.807) is 18.2 Å². The number of nitrogens with one attached hydrogen (secondary N) is 1. The highest BCUT2D eigenvalue weighted by Gasteiger charge is 2.21. The summed E-state index contributed by atoms with van der Waals surface area (Å²) in [4.78, 5) is 25.3. The Kier molecular flexibility index (Phi) is 3.89. The van der Waals surface area contributed by atoms with Crippen molar-refractivity contribution in [3.8, 4) is 5.75 Å². The van der Waals surface area contributed by atoms with E-state index >= 15 is 0 Å². The van der Waals surface area contributed by atoms with Crippen LogP contribution in [0.5, 0.6) is 5.75 Å². The fourth-order valence-corrected chi connectivity index (χ4v) is 2.01. The summed E-state index contributed by atoms with van der Waals surface area (Å²) in [7, 11) is 1.50. The fraction of sp³-hybridized carbons (Fsp3) is 0.385. The molecule has 19 heavy (non-hydrogen) atoms. The van der Waals surface area contributed by atoms with Gasteiger partial charge in [-0.2, -0.15) is 0 Å². The smallest absolute Gasteiger partial charge is 0.254 e. The molecule has 0 aliphatic carbocycles. The van der Waals surface area contributed by atoms with Crippen molar-refractivity contribution in [3.63, 3.8) is 0 Å². The lowest BCUT2D eigenvalue weighted by molar-refractivity contribution is -0.121. The number of hydrogen-bond acceptors (Lipinski definition) is 4. The Balaban J connectivity index is 2.20. The van der Waals surface area contributed by atoms with Gasteiger partial charge in [0.05, 0.1) is 19.3 Å². The molecule has 2 rings (SSSR count). The molecule has 0 spiro atoms. The summed E-state index contributed by atoms with van der Waals surface area (Å²) >= 11 is 0. The number of carbonyl (C=O) groups is 2. The maximum atomic E-state index is 12.3. The van der Waals surface area contributed by atoms with E-state index in [0.717, 1.165) is 6.42 Å². The number of amides is 2. The summed E-state index contributed by atoms with van der Waals surface area (Å²) < 4.78 is 5.09. The van der Waals surface area contributed by atoms with Crippen molar-refractivity contribution < 1.29 is 14.3 Å². The van der Waals surface area contributed by atoms with Crippen molar-refractivity contribution in [1.29, 1.82) is 0 Å². The molecular formula is C13H17N3O3. The number of nitrogen functional groups attached to an aromatic ring is 1. The predicted octanol–water partition coefficient (Wildman–Crippen LogP) is 0.239. The van der Waals surface area contributed by atoms with E-state index in [4.69, 9.17) is 10.5 Å². The number of nitrogens with zero attached hydrogens (tertiary/aromatic N) is 1. The van der Waals surface area contributed by atoms with E-state index in [-0.39, 0.29) is 18.4 Å². The zero-order chi connectivity index (χ0) is 13.8. The topological polar surface area (TPSA) is 84.7 Å². The molecule has 1 heterocycles. The molecule has 2 amide bonds. The van der Waals surface area contributed by atoms with Crippen LogP contribution >= 0.6 is 0 Å². The van der Waals surface area contributed by atoms with Gasteiger partial charge in [0.15, 0.2) is 0 Å². The highest BCUT2D eigenvalue weighted by Crippen LogP contribution is 2.23. The first-order chi connectivity index (χ1) is 9.11. The Hall–Kier alpha value is -2.24. The number of rotatable bonds is 2. The molecule has 1 aromatic carbocycles.